The molecule has 0 radical (unpaired) electrons. The maximum Gasteiger partial charge on any atom is 0.207 e. The number of hydrogen-bond donors (Lipinski definition) is 1. The van der Waals surface area contributed by atoms with E-state index in [-0.39, 0.29) is 0 Å². The van der Waals surface area contributed by atoms with Crippen LogP contribution in [0.15, 0.2) is 30.5 Å². The number of nitrogens with one attached hydrogen (secondary N) is 1. The van der Waals surface area contributed by atoms with E-state index in [2.05, 4.69) is 21.8 Å². The van der Waals surface area contributed by atoms with Gasteiger partial charge in [-0.05, 0) is 38.1 Å². The third-order valence-electron chi connectivity index (χ3n) is 2.58. The lowest BCUT2D eigenvalue weighted by molar-refractivity contribution is 0.415. The summed E-state index contributed by atoms with van der Waals surface area (Å²) >= 11 is 0. The molecule has 0 aliphatic heterocycles. The molecule has 0 saturated heterocycles. The molecule has 0 amide bonds. The van der Waals surface area contributed by atoms with Crippen LogP contribution in [-0.4, -0.2) is 16.7 Å². The normalized spacial score (nSPS) is 10.3. The molecule has 1 aromatic heterocycles. The Kier molecular flexibility index (Phi) is 3.32. The summed E-state index contributed by atoms with van der Waals surface area (Å²) in [7, 11) is 1.66. The number of imidazole rings is 1. The summed E-state index contributed by atoms with van der Waals surface area (Å²) in [6, 6.07) is 7.80. The zero-order valence-electron chi connectivity index (χ0n) is 10.4. The fraction of sp³-hybridized carbons (Fsp3) is 0.308. The molecular formula is C13H17N3O. The van der Waals surface area contributed by atoms with Crippen LogP contribution in [0.2, 0.25) is 0 Å². The van der Waals surface area contributed by atoms with Crippen molar-refractivity contribution in [2.45, 2.75) is 20.4 Å². The summed E-state index contributed by atoms with van der Waals surface area (Å²) in [6.45, 7) is 4.99. The van der Waals surface area contributed by atoms with Crippen LogP contribution in [0.5, 0.6) is 5.75 Å². The predicted molar refractivity (Wildman–Crippen MR) is 68.9 cm³/mol. The van der Waals surface area contributed by atoms with Crippen LogP contribution in [0.3, 0.4) is 0 Å². The number of rotatable bonds is 4. The number of anilines is 2. The molecule has 0 spiro atoms. The zero-order valence-corrected chi connectivity index (χ0v) is 10.4. The molecule has 0 atom stereocenters. The van der Waals surface area contributed by atoms with Gasteiger partial charge >= 0.3 is 0 Å². The van der Waals surface area contributed by atoms with Crippen molar-refractivity contribution in [1.82, 2.24) is 9.55 Å². The third kappa shape index (κ3) is 2.58. The molecule has 90 valence electrons. The molecule has 0 bridgehead atoms. The lowest BCUT2D eigenvalue weighted by atomic mass is 10.3. The van der Waals surface area contributed by atoms with Crippen molar-refractivity contribution < 1.29 is 4.74 Å². The van der Waals surface area contributed by atoms with Gasteiger partial charge in [-0.3, -0.25) is 0 Å². The summed E-state index contributed by atoms with van der Waals surface area (Å²) in [5, 5.41) is 3.29. The van der Waals surface area contributed by atoms with E-state index < -0.39 is 0 Å². The smallest absolute Gasteiger partial charge is 0.207 e. The first-order chi connectivity index (χ1) is 8.22. The summed E-state index contributed by atoms with van der Waals surface area (Å²) in [4.78, 5) is 4.44. The first kappa shape index (κ1) is 11.5. The summed E-state index contributed by atoms with van der Waals surface area (Å²) in [5.74, 6) is 1.72. The molecule has 1 N–H and O–H groups in total. The summed E-state index contributed by atoms with van der Waals surface area (Å²) in [6.07, 6.45) is 2.03. The maximum absolute atomic E-state index is 5.12. The SMILES string of the molecule is CCn1cc(C)nc1Nc1ccc(OC)cc1. The van der Waals surface area contributed by atoms with Gasteiger partial charge in [-0.25, -0.2) is 4.98 Å². The van der Waals surface area contributed by atoms with E-state index >= 15 is 0 Å². The van der Waals surface area contributed by atoms with Gasteiger partial charge in [0.25, 0.3) is 0 Å². The predicted octanol–water partition coefficient (Wildman–Crippen LogP) is 2.96. The van der Waals surface area contributed by atoms with Crippen LogP contribution in [0.25, 0.3) is 0 Å². The number of aryl methyl sites for hydroxylation is 2. The number of aromatic nitrogens is 2. The van der Waals surface area contributed by atoms with Crippen LogP contribution in [-0.2, 0) is 6.54 Å². The molecule has 2 rings (SSSR count). The minimum absolute atomic E-state index is 0.852. The second kappa shape index (κ2) is 4.91. The van der Waals surface area contributed by atoms with E-state index in [1.54, 1.807) is 7.11 Å². The van der Waals surface area contributed by atoms with Crippen molar-refractivity contribution >= 4 is 11.6 Å². The van der Waals surface area contributed by atoms with Gasteiger partial charge in [-0.1, -0.05) is 0 Å². The number of hydrogen-bond acceptors (Lipinski definition) is 3. The van der Waals surface area contributed by atoms with Gasteiger partial charge in [-0.15, -0.1) is 0 Å². The van der Waals surface area contributed by atoms with E-state index in [1.807, 2.05) is 37.4 Å². The highest BCUT2D eigenvalue weighted by Crippen LogP contribution is 2.19. The molecule has 0 saturated carbocycles. The third-order valence-corrected chi connectivity index (χ3v) is 2.58. The Bertz CT molecular complexity index is 488. The van der Waals surface area contributed by atoms with Crippen LogP contribution in [0.1, 0.15) is 12.6 Å². The van der Waals surface area contributed by atoms with Crippen molar-refractivity contribution in [2.75, 3.05) is 12.4 Å². The zero-order chi connectivity index (χ0) is 12.3. The van der Waals surface area contributed by atoms with Crippen molar-refractivity contribution in [3.63, 3.8) is 0 Å². The summed E-state index contributed by atoms with van der Waals surface area (Å²) in [5.41, 5.74) is 2.02. The first-order valence-electron chi connectivity index (χ1n) is 5.67. The Morgan fingerprint density at radius 3 is 2.59 bits per heavy atom. The average Bonchev–Trinajstić information content (AvgIpc) is 2.70. The lowest BCUT2D eigenvalue weighted by Crippen LogP contribution is -2.01. The van der Waals surface area contributed by atoms with Gasteiger partial charge < -0.3 is 14.6 Å². The Labute approximate surface area is 101 Å². The van der Waals surface area contributed by atoms with Crippen molar-refractivity contribution in [3.05, 3.63) is 36.2 Å². The molecule has 17 heavy (non-hydrogen) atoms. The Morgan fingerprint density at radius 1 is 1.29 bits per heavy atom. The van der Waals surface area contributed by atoms with E-state index in [1.165, 1.54) is 0 Å². The van der Waals surface area contributed by atoms with Crippen LogP contribution in [0, 0.1) is 6.92 Å². The highest BCUT2D eigenvalue weighted by Gasteiger charge is 2.04. The van der Waals surface area contributed by atoms with Crippen LogP contribution in [0.4, 0.5) is 11.6 Å². The molecule has 1 aromatic carbocycles. The molecule has 4 heteroatoms. The highest BCUT2D eigenvalue weighted by molar-refractivity contribution is 5.55. The molecule has 0 fully saturated rings. The Hall–Kier alpha value is -1.97. The number of methoxy groups -OCH3 is 1. The van der Waals surface area contributed by atoms with Crippen molar-refractivity contribution in [3.8, 4) is 5.75 Å². The monoisotopic (exact) mass is 231 g/mol. The largest absolute Gasteiger partial charge is 0.497 e. The van der Waals surface area contributed by atoms with E-state index in [0.29, 0.717) is 0 Å². The van der Waals surface area contributed by atoms with E-state index in [0.717, 1.165) is 29.6 Å². The van der Waals surface area contributed by atoms with E-state index in [9.17, 15) is 0 Å². The first-order valence-corrected chi connectivity index (χ1v) is 5.67. The minimum Gasteiger partial charge on any atom is -0.497 e. The maximum atomic E-state index is 5.12. The molecule has 2 aromatic rings. The molecule has 0 unspecified atom stereocenters. The number of nitrogens with zero attached hydrogens (tertiary/aromatic N) is 2. The second-order valence-electron chi connectivity index (χ2n) is 3.85. The topological polar surface area (TPSA) is 39.1 Å². The molecular weight excluding hydrogens is 214 g/mol. The van der Waals surface area contributed by atoms with Gasteiger partial charge in [0.1, 0.15) is 5.75 Å². The van der Waals surface area contributed by atoms with Gasteiger partial charge in [0, 0.05) is 18.4 Å². The van der Waals surface area contributed by atoms with Gasteiger partial charge in [0.15, 0.2) is 0 Å². The molecule has 0 aliphatic rings. The second-order valence-corrected chi connectivity index (χ2v) is 3.85. The lowest BCUT2D eigenvalue weighted by Gasteiger charge is -2.08. The van der Waals surface area contributed by atoms with Crippen LogP contribution < -0.4 is 10.1 Å². The van der Waals surface area contributed by atoms with Crippen molar-refractivity contribution in [1.29, 1.82) is 0 Å². The Balaban J connectivity index is 2.18. The fourth-order valence-electron chi connectivity index (χ4n) is 1.69. The van der Waals surface area contributed by atoms with Gasteiger partial charge in [-0.2, -0.15) is 0 Å². The minimum atomic E-state index is 0.852. The van der Waals surface area contributed by atoms with Gasteiger partial charge in [0.05, 0.1) is 12.8 Å². The summed E-state index contributed by atoms with van der Waals surface area (Å²) < 4.78 is 7.20. The average molecular weight is 231 g/mol. The molecule has 1 heterocycles. The van der Waals surface area contributed by atoms with E-state index in [4.69, 9.17) is 4.74 Å². The number of benzene rings is 1. The number of ether oxygens (including phenoxy) is 1. The molecule has 4 nitrogen and oxygen atoms in total. The quantitative estimate of drug-likeness (QED) is 0.879. The fourth-order valence-corrected chi connectivity index (χ4v) is 1.69. The van der Waals surface area contributed by atoms with Crippen LogP contribution >= 0.6 is 0 Å². The van der Waals surface area contributed by atoms with Crippen molar-refractivity contribution in [2.24, 2.45) is 0 Å². The highest BCUT2D eigenvalue weighted by atomic mass is 16.5. The molecule has 0 aliphatic carbocycles. The standard InChI is InChI=1S/C13H17N3O/c1-4-16-9-10(2)14-13(16)15-11-5-7-12(17-3)8-6-11/h5-9H,4H2,1-3H3,(H,14,15). The van der Waals surface area contributed by atoms with Gasteiger partial charge in [0.2, 0.25) is 5.95 Å². The Morgan fingerprint density at radius 2 is 2.00 bits per heavy atom.